The Morgan fingerprint density at radius 3 is 2.70 bits per heavy atom. The number of halogens is 1. The van der Waals surface area contributed by atoms with Gasteiger partial charge in [0.1, 0.15) is 5.75 Å². The Labute approximate surface area is 195 Å². The molecule has 7 heteroatoms. The molecule has 0 aromatic heterocycles. The van der Waals surface area contributed by atoms with Crippen molar-refractivity contribution in [1.29, 1.82) is 0 Å². The van der Waals surface area contributed by atoms with Crippen molar-refractivity contribution in [3.8, 4) is 11.5 Å². The van der Waals surface area contributed by atoms with Crippen LogP contribution in [0.5, 0.6) is 11.5 Å². The molecule has 0 radical (unpaired) electrons. The van der Waals surface area contributed by atoms with Crippen LogP contribution in [0.15, 0.2) is 30.3 Å². The van der Waals surface area contributed by atoms with E-state index in [0.717, 1.165) is 49.5 Å². The molecule has 178 valence electrons. The van der Waals surface area contributed by atoms with E-state index in [2.05, 4.69) is 35.0 Å². The minimum atomic E-state index is -0.328. The van der Waals surface area contributed by atoms with Gasteiger partial charge in [-0.25, -0.2) is 4.39 Å². The second-order valence-electron chi connectivity index (χ2n) is 8.97. The summed E-state index contributed by atoms with van der Waals surface area (Å²) in [4.78, 5) is 16.6. The van der Waals surface area contributed by atoms with Crippen LogP contribution in [0, 0.1) is 19.7 Å². The van der Waals surface area contributed by atoms with E-state index < -0.39 is 0 Å². The number of hydrogen-bond acceptors (Lipinski definition) is 5. The number of hydrogen-bond donors (Lipinski definition) is 1. The Bertz CT molecular complexity index is 1010. The van der Waals surface area contributed by atoms with Crippen LogP contribution in [0.1, 0.15) is 42.0 Å². The number of nitrogens with zero attached hydrogens (tertiary/aromatic N) is 2. The molecule has 0 spiro atoms. The highest BCUT2D eigenvalue weighted by atomic mass is 19.1. The van der Waals surface area contributed by atoms with Gasteiger partial charge in [-0.15, -0.1) is 0 Å². The zero-order valence-electron chi connectivity index (χ0n) is 20.0. The summed E-state index contributed by atoms with van der Waals surface area (Å²) in [6.07, 6.45) is 3.48. The van der Waals surface area contributed by atoms with Crippen LogP contribution < -0.4 is 19.7 Å². The molecule has 1 amide bonds. The molecule has 2 saturated heterocycles. The van der Waals surface area contributed by atoms with Gasteiger partial charge in [0, 0.05) is 50.5 Å². The van der Waals surface area contributed by atoms with E-state index in [-0.39, 0.29) is 18.3 Å². The summed E-state index contributed by atoms with van der Waals surface area (Å²) < 4.78 is 24.8. The average Bonchev–Trinajstić information content (AvgIpc) is 2.84. The first-order valence-electron chi connectivity index (χ1n) is 11.7. The fourth-order valence-electron chi connectivity index (χ4n) is 5.21. The fraction of sp³-hybridized carbons (Fsp3) is 0.500. The molecular formula is C26H34FN3O3. The quantitative estimate of drug-likeness (QED) is 0.714. The number of carbonyl (C=O) groups is 1. The normalized spacial score (nSPS) is 20.8. The number of methoxy groups -OCH3 is 1. The predicted molar refractivity (Wildman–Crippen MR) is 128 cm³/mol. The first kappa shape index (κ1) is 23.4. The third-order valence-corrected chi connectivity index (χ3v) is 7.22. The SMILES string of the molecule is CNC(=O)COc1ccc([C@H]2CCCC3CN(c4ccc(F)c(OC)c4)CCN32)c(C)c1C. The molecule has 0 bridgehead atoms. The van der Waals surface area contributed by atoms with Crippen LogP contribution in [0.2, 0.25) is 0 Å². The summed E-state index contributed by atoms with van der Waals surface area (Å²) >= 11 is 0. The molecule has 1 N–H and O–H groups in total. The van der Waals surface area contributed by atoms with E-state index in [4.69, 9.17) is 9.47 Å². The van der Waals surface area contributed by atoms with Gasteiger partial charge in [0.05, 0.1) is 7.11 Å². The third-order valence-electron chi connectivity index (χ3n) is 7.22. The smallest absolute Gasteiger partial charge is 0.257 e. The van der Waals surface area contributed by atoms with Gasteiger partial charge >= 0.3 is 0 Å². The molecule has 0 aliphatic carbocycles. The summed E-state index contributed by atoms with van der Waals surface area (Å²) in [6, 6.07) is 10.1. The van der Waals surface area contributed by atoms with Gasteiger partial charge in [-0.1, -0.05) is 6.07 Å². The van der Waals surface area contributed by atoms with Crippen LogP contribution in [-0.4, -0.2) is 57.2 Å². The summed E-state index contributed by atoms with van der Waals surface area (Å²) in [6.45, 7) is 7.03. The van der Waals surface area contributed by atoms with Crippen molar-refractivity contribution in [2.45, 2.75) is 45.2 Å². The Kier molecular flexibility index (Phi) is 7.08. The largest absolute Gasteiger partial charge is 0.494 e. The van der Waals surface area contributed by atoms with Crippen molar-refractivity contribution in [2.24, 2.45) is 0 Å². The number of ether oxygens (including phenoxy) is 2. The van der Waals surface area contributed by atoms with Gasteiger partial charge in [-0.3, -0.25) is 9.69 Å². The van der Waals surface area contributed by atoms with E-state index >= 15 is 0 Å². The zero-order chi connectivity index (χ0) is 23.5. The first-order valence-corrected chi connectivity index (χ1v) is 11.7. The van der Waals surface area contributed by atoms with Crippen LogP contribution in [0.3, 0.4) is 0 Å². The van der Waals surface area contributed by atoms with Crippen LogP contribution in [-0.2, 0) is 4.79 Å². The van der Waals surface area contributed by atoms with Gasteiger partial charge in [-0.2, -0.15) is 0 Å². The van der Waals surface area contributed by atoms with E-state index in [0.29, 0.717) is 17.8 Å². The molecule has 2 heterocycles. The summed E-state index contributed by atoms with van der Waals surface area (Å²) in [5.74, 6) is 0.595. The molecule has 2 aromatic carbocycles. The number of anilines is 1. The monoisotopic (exact) mass is 455 g/mol. The van der Waals surface area contributed by atoms with Crippen molar-refractivity contribution in [1.82, 2.24) is 10.2 Å². The Morgan fingerprint density at radius 1 is 1.12 bits per heavy atom. The van der Waals surface area contributed by atoms with Crippen LogP contribution in [0.4, 0.5) is 10.1 Å². The van der Waals surface area contributed by atoms with Gasteiger partial charge < -0.3 is 19.7 Å². The number of rotatable bonds is 6. The summed E-state index contributed by atoms with van der Waals surface area (Å²) in [7, 11) is 3.11. The maximum Gasteiger partial charge on any atom is 0.257 e. The van der Waals surface area contributed by atoms with E-state index in [1.165, 1.54) is 30.7 Å². The van der Waals surface area contributed by atoms with E-state index in [1.54, 1.807) is 13.1 Å². The summed E-state index contributed by atoms with van der Waals surface area (Å²) in [5, 5.41) is 2.59. The van der Waals surface area contributed by atoms with Crippen LogP contribution >= 0.6 is 0 Å². The zero-order valence-corrected chi connectivity index (χ0v) is 20.0. The minimum Gasteiger partial charge on any atom is -0.494 e. The van der Waals surface area contributed by atoms with Crippen molar-refractivity contribution < 1.29 is 18.7 Å². The number of carbonyl (C=O) groups excluding carboxylic acids is 1. The van der Waals surface area contributed by atoms with Gasteiger partial charge in [0.25, 0.3) is 5.91 Å². The number of piperazine rings is 1. The average molecular weight is 456 g/mol. The standard InChI is InChI=1S/C26H34FN3O3/c1-17-18(2)24(33-16-26(31)28-3)11-9-21(17)23-7-5-6-20-15-29(12-13-30(20)23)19-8-10-22(27)25(14-19)32-4/h8-11,14,20,23H,5-7,12-13,15-16H2,1-4H3,(H,28,31)/t20?,23-/m1/s1. The second kappa shape index (κ2) is 10.00. The Morgan fingerprint density at radius 2 is 1.94 bits per heavy atom. The number of likely N-dealkylation sites (N-methyl/N-ethyl adjacent to an activating group) is 1. The second-order valence-corrected chi connectivity index (χ2v) is 8.97. The fourth-order valence-corrected chi connectivity index (χ4v) is 5.21. The molecule has 2 fully saturated rings. The topological polar surface area (TPSA) is 54.0 Å². The molecule has 2 aliphatic heterocycles. The lowest BCUT2D eigenvalue weighted by molar-refractivity contribution is -0.122. The molecule has 6 nitrogen and oxygen atoms in total. The highest BCUT2D eigenvalue weighted by molar-refractivity contribution is 5.77. The van der Waals surface area contributed by atoms with Crippen LogP contribution in [0.25, 0.3) is 0 Å². The predicted octanol–water partition coefficient (Wildman–Crippen LogP) is 3.99. The number of amides is 1. The first-order chi connectivity index (χ1) is 15.9. The minimum absolute atomic E-state index is 0.0256. The van der Waals surface area contributed by atoms with Gasteiger partial charge in [0.2, 0.25) is 0 Å². The summed E-state index contributed by atoms with van der Waals surface area (Å²) in [5.41, 5.74) is 4.69. The highest BCUT2D eigenvalue weighted by Gasteiger charge is 2.36. The lowest BCUT2D eigenvalue weighted by Crippen LogP contribution is -2.56. The highest BCUT2D eigenvalue weighted by Crippen LogP contribution is 2.40. The molecule has 1 unspecified atom stereocenters. The number of piperidine rings is 1. The number of benzene rings is 2. The lowest BCUT2D eigenvalue weighted by atomic mass is 9.86. The maximum atomic E-state index is 13.9. The Hall–Kier alpha value is -2.80. The van der Waals surface area contributed by atoms with Crippen molar-refractivity contribution >= 4 is 11.6 Å². The van der Waals surface area contributed by atoms with Gasteiger partial charge in [-0.05, 0) is 68.0 Å². The molecule has 0 saturated carbocycles. The van der Waals surface area contributed by atoms with Crippen molar-refractivity contribution in [2.75, 3.05) is 45.3 Å². The molecule has 33 heavy (non-hydrogen) atoms. The molecule has 2 atom stereocenters. The number of nitrogens with one attached hydrogen (secondary N) is 1. The Balaban J connectivity index is 1.50. The number of fused-ring (bicyclic) bond motifs is 1. The molecule has 4 rings (SSSR count). The lowest BCUT2D eigenvalue weighted by Gasteiger charge is -2.49. The maximum absolute atomic E-state index is 13.9. The van der Waals surface area contributed by atoms with Crippen molar-refractivity contribution in [3.63, 3.8) is 0 Å². The van der Waals surface area contributed by atoms with E-state index in [9.17, 15) is 9.18 Å². The molecule has 2 aliphatic rings. The molecule has 2 aromatic rings. The van der Waals surface area contributed by atoms with E-state index in [1.807, 2.05) is 12.1 Å². The van der Waals surface area contributed by atoms with Gasteiger partial charge in [0.15, 0.2) is 18.2 Å². The van der Waals surface area contributed by atoms with Crippen molar-refractivity contribution in [3.05, 3.63) is 52.8 Å². The molecular weight excluding hydrogens is 421 g/mol. The third kappa shape index (κ3) is 4.78.